The van der Waals surface area contributed by atoms with E-state index in [-0.39, 0.29) is 37.5 Å². The molecule has 0 saturated heterocycles. The maximum absolute atomic E-state index is 12.9. The number of rotatable bonds is 57. The number of carbonyl (C=O) groups is 3. The summed E-state index contributed by atoms with van der Waals surface area (Å²) in [7, 11) is 0. The highest BCUT2D eigenvalue weighted by atomic mass is 16.6. The van der Waals surface area contributed by atoms with E-state index < -0.39 is 6.10 Å². The molecule has 0 aromatic heterocycles. The predicted octanol–water partition coefficient (Wildman–Crippen LogP) is 22.7. The normalized spacial score (nSPS) is 13.3. The lowest BCUT2D eigenvalue weighted by Gasteiger charge is -2.18. The third-order valence-electron chi connectivity index (χ3n) is 13.2. The molecule has 1 unspecified atom stereocenters. The monoisotopic (exact) mass is 1110 g/mol. The Morgan fingerprint density at radius 2 is 0.481 bits per heavy atom. The number of hydrogen-bond donors (Lipinski definition) is 0. The van der Waals surface area contributed by atoms with E-state index in [1.54, 1.807) is 0 Å². The second-order valence-electron chi connectivity index (χ2n) is 20.9. The zero-order valence-corrected chi connectivity index (χ0v) is 52.0. The van der Waals surface area contributed by atoms with Crippen molar-refractivity contribution in [1.29, 1.82) is 0 Å². The first kappa shape index (κ1) is 75.8. The van der Waals surface area contributed by atoms with Crippen molar-refractivity contribution < 1.29 is 28.6 Å². The average molecular weight is 1120 g/mol. The van der Waals surface area contributed by atoms with Gasteiger partial charge >= 0.3 is 17.9 Å². The summed E-state index contributed by atoms with van der Waals surface area (Å²) in [5, 5.41) is 0. The second-order valence-corrected chi connectivity index (χ2v) is 20.9. The zero-order chi connectivity index (χ0) is 58.5. The number of hydrogen-bond acceptors (Lipinski definition) is 6. The molecular formula is C75H118O6. The van der Waals surface area contributed by atoms with Gasteiger partial charge in [0, 0.05) is 19.3 Å². The van der Waals surface area contributed by atoms with Gasteiger partial charge in [-0.05, 0) is 154 Å². The van der Waals surface area contributed by atoms with E-state index in [1.807, 2.05) is 0 Å². The fourth-order valence-corrected chi connectivity index (χ4v) is 8.36. The molecule has 0 spiro atoms. The average Bonchev–Trinajstić information content (AvgIpc) is 3.47. The number of esters is 3. The van der Waals surface area contributed by atoms with Gasteiger partial charge < -0.3 is 14.2 Å². The van der Waals surface area contributed by atoms with Crippen molar-refractivity contribution in [3.8, 4) is 0 Å². The fraction of sp³-hybridized carbons (Fsp3) is 0.587. The second kappa shape index (κ2) is 67.3. The Bertz CT molecular complexity index is 1860. The van der Waals surface area contributed by atoms with Gasteiger partial charge in [0.2, 0.25) is 0 Å². The lowest BCUT2D eigenvalue weighted by atomic mass is 10.1. The van der Waals surface area contributed by atoms with Crippen LogP contribution in [0, 0.1) is 0 Å². The summed E-state index contributed by atoms with van der Waals surface area (Å²) in [4.78, 5) is 38.3. The summed E-state index contributed by atoms with van der Waals surface area (Å²) in [6, 6.07) is 0. The Labute approximate surface area is 498 Å². The third-order valence-corrected chi connectivity index (χ3v) is 13.2. The van der Waals surface area contributed by atoms with E-state index in [0.717, 1.165) is 161 Å². The number of ether oxygens (including phenoxy) is 3. The van der Waals surface area contributed by atoms with Gasteiger partial charge in [0.05, 0.1) is 0 Å². The molecule has 6 nitrogen and oxygen atoms in total. The predicted molar refractivity (Wildman–Crippen MR) is 352 cm³/mol. The molecule has 454 valence electrons. The Kier molecular flexibility index (Phi) is 62.9. The van der Waals surface area contributed by atoms with E-state index in [9.17, 15) is 14.4 Å². The van der Waals surface area contributed by atoms with Gasteiger partial charge in [-0.1, -0.05) is 262 Å². The number of allylic oxidation sites excluding steroid dienone is 28. The zero-order valence-electron chi connectivity index (χ0n) is 52.0. The Morgan fingerprint density at radius 1 is 0.259 bits per heavy atom. The summed E-state index contributed by atoms with van der Waals surface area (Å²) in [6.45, 7) is 6.32. The number of unbranched alkanes of at least 4 members (excludes halogenated alkanes) is 18. The fourth-order valence-electron chi connectivity index (χ4n) is 8.36. The van der Waals surface area contributed by atoms with Crippen molar-refractivity contribution in [3.05, 3.63) is 170 Å². The van der Waals surface area contributed by atoms with Crippen LogP contribution in [0.4, 0.5) is 0 Å². The number of carbonyl (C=O) groups excluding carboxylic acids is 3. The summed E-state index contributed by atoms with van der Waals surface area (Å²) < 4.78 is 16.9. The quantitative estimate of drug-likeness (QED) is 0.0261. The van der Waals surface area contributed by atoms with E-state index >= 15 is 0 Å². The van der Waals surface area contributed by atoms with Crippen LogP contribution >= 0.6 is 0 Å². The molecule has 0 bridgehead atoms. The first-order valence-corrected chi connectivity index (χ1v) is 32.6. The smallest absolute Gasteiger partial charge is 0.306 e. The van der Waals surface area contributed by atoms with Gasteiger partial charge in [0.25, 0.3) is 0 Å². The Hall–Kier alpha value is -5.23. The molecule has 0 saturated carbocycles. The molecule has 0 radical (unpaired) electrons. The molecule has 6 heteroatoms. The van der Waals surface area contributed by atoms with Gasteiger partial charge in [-0.15, -0.1) is 0 Å². The van der Waals surface area contributed by atoms with Crippen LogP contribution in [0.2, 0.25) is 0 Å². The van der Waals surface area contributed by atoms with E-state index in [0.29, 0.717) is 19.3 Å². The maximum Gasteiger partial charge on any atom is 0.306 e. The van der Waals surface area contributed by atoms with Crippen molar-refractivity contribution in [1.82, 2.24) is 0 Å². The molecule has 0 aliphatic rings. The standard InChI is InChI=1S/C75H118O6/c1-4-7-10-13-16-19-22-25-28-29-30-31-32-33-34-35-36-37-38-39-40-41-42-43-44-45-48-50-53-56-59-62-65-68-74(77)80-71-72(81-75(78)69-66-63-60-57-54-51-47-27-24-21-18-15-12-9-6-3)70-79-73(76)67-64-61-58-55-52-49-46-26-23-20-17-14-11-8-5-2/h7,9-10,12,16-21,25-28,30-31,33-34,36-37,39-40,42-43,46-47,54,57,72H,4-6,8,11,13-15,22-24,29,32,35,38,41,44-45,48-53,55-56,58-71H2,1-3H3/b10-7-,12-9-,19-16-,20-17-,21-18-,28-25-,31-30-,34-33-,37-36-,40-39-,43-42-,46-26-,47-27-,57-54-. The van der Waals surface area contributed by atoms with Crippen LogP contribution in [-0.2, 0) is 28.6 Å². The summed E-state index contributed by atoms with van der Waals surface area (Å²) >= 11 is 0. The molecule has 0 rings (SSSR count). The van der Waals surface area contributed by atoms with Crippen molar-refractivity contribution in [3.63, 3.8) is 0 Å². The lowest BCUT2D eigenvalue weighted by Crippen LogP contribution is -2.30. The van der Waals surface area contributed by atoms with Gasteiger partial charge in [0.1, 0.15) is 13.2 Å². The maximum atomic E-state index is 12.9. The molecule has 0 aromatic carbocycles. The van der Waals surface area contributed by atoms with Crippen LogP contribution in [0.25, 0.3) is 0 Å². The minimum atomic E-state index is -0.818. The van der Waals surface area contributed by atoms with Crippen LogP contribution in [-0.4, -0.2) is 37.2 Å². The molecule has 0 N–H and O–H groups in total. The third kappa shape index (κ3) is 65.5. The highest BCUT2D eigenvalue weighted by Crippen LogP contribution is 2.14. The molecular weight excluding hydrogens is 997 g/mol. The molecule has 0 fully saturated rings. The Balaban J connectivity index is 4.36. The van der Waals surface area contributed by atoms with Crippen molar-refractivity contribution in [2.24, 2.45) is 0 Å². The van der Waals surface area contributed by atoms with Crippen molar-refractivity contribution in [2.45, 2.75) is 271 Å². The lowest BCUT2D eigenvalue weighted by molar-refractivity contribution is -0.167. The minimum Gasteiger partial charge on any atom is -0.462 e. The van der Waals surface area contributed by atoms with Crippen molar-refractivity contribution in [2.75, 3.05) is 13.2 Å². The molecule has 0 aromatic rings. The van der Waals surface area contributed by atoms with Gasteiger partial charge in [-0.2, -0.15) is 0 Å². The van der Waals surface area contributed by atoms with Crippen molar-refractivity contribution >= 4 is 17.9 Å². The summed E-state index contributed by atoms with van der Waals surface area (Å²) in [5.74, 6) is -0.979. The SMILES string of the molecule is CC/C=C\C/C=C\C/C=C\C/C=C\C/C=C\C/C=C\C/C=C\C/C=C\CCCCCCCCCCC(=O)OCC(COC(=O)CCCCCCC/C=C\C/C=C\CCCCC)OC(=O)CCCC/C=C\C/C=C\C/C=C\C/C=C\CC. The highest BCUT2D eigenvalue weighted by molar-refractivity contribution is 5.71. The molecule has 0 heterocycles. The molecule has 0 aliphatic carbocycles. The van der Waals surface area contributed by atoms with Gasteiger partial charge in [-0.25, -0.2) is 0 Å². The molecule has 0 aliphatic heterocycles. The summed E-state index contributed by atoms with van der Waals surface area (Å²) in [6.07, 6.45) is 99.4. The molecule has 1 atom stereocenters. The summed E-state index contributed by atoms with van der Waals surface area (Å²) in [5.41, 5.74) is 0. The topological polar surface area (TPSA) is 78.9 Å². The first-order valence-electron chi connectivity index (χ1n) is 32.6. The van der Waals surface area contributed by atoms with Crippen LogP contribution < -0.4 is 0 Å². The van der Waals surface area contributed by atoms with E-state index in [1.165, 1.54) is 57.8 Å². The Morgan fingerprint density at radius 3 is 0.778 bits per heavy atom. The van der Waals surface area contributed by atoms with Crippen LogP contribution in [0.5, 0.6) is 0 Å². The van der Waals surface area contributed by atoms with Crippen LogP contribution in [0.3, 0.4) is 0 Å². The van der Waals surface area contributed by atoms with E-state index in [2.05, 4.69) is 191 Å². The van der Waals surface area contributed by atoms with Crippen LogP contribution in [0.1, 0.15) is 265 Å². The molecule has 0 amide bonds. The highest BCUT2D eigenvalue weighted by Gasteiger charge is 2.19. The minimum absolute atomic E-state index is 0.111. The van der Waals surface area contributed by atoms with E-state index in [4.69, 9.17) is 14.2 Å². The van der Waals surface area contributed by atoms with Gasteiger partial charge in [-0.3, -0.25) is 14.4 Å². The largest absolute Gasteiger partial charge is 0.462 e. The van der Waals surface area contributed by atoms with Crippen LogP contribution in [0.15, 0.2) is 170 Å². The molecule has 81 heavy (non-hydrogen) atoms. The van der Waals surface area contributed by atoms with Gasteiger partial charge in [0.15, 0.2) is 6.10 Å². The first-order chi connectivity index (χ1) is 40.0.